The highest BCUT2D eigenvalue weighted by Gasteiger charge is 2.28. The fraction of sp³-hybridized carbons (Fsp3) is 0.417. The van der Waals surface area contributed by atoms with Crippen molar-refractivity contribution in [1.82, 2.24) is 9.78 Å². The van der Waals surface area contributed by atoms with E-state index < -0.39 is 0 Å². The number of hydrogen-bond acceptors (Lipinski definition) is 2. The van der Waals surface area contributed by atoms with Gasteiger partial charge in [-0.3, -0.25) is 4.68 Å². The second-order valence-corrected chi connectivity index (χ2v) is 4.21. The lowest BCUT2D eigenvalue weighted by molar-refractivity contribution is 0.132. The van der Waals surface area contributed by atoms with Crippen LogP contribution in [0.5, 0.6) is 0 Å². The summed E-state index contributed by atoms with van der Waals surface area (Å²) in [5.41, 5.74) is 1.13. The number of nitrogens with zero attached hydrogens (tertiary/aromatic N) is 2. The van der Waals surface area contributed by atoms with E-state index in [1.165, 1.54) is 0 Å². The maximum absolute atomic E-state index is 9.86. The molecular formula is C12H14N2O. The number of fused-ring (bicyclic) bond motifs is 1. The normalized spacial score (nSPS) is 26.2. The third kappa shape index (κ3) is 1.35. The van der Waals surface area contributed by atoms with Gasteiger partial charge in [0.15, 0.2) is 0 Å². The van der Waals surface area contributed by atoms with Crippen LogP contribution in [0, 0.1) is 0 Å². The molecular weight excluding hydrogens is 188 g/mol. The molecule has 3 heteroatoms. The molecule has 3 nitrogen and oxygen atoms in total. The predicted octanol–water partition coefficient (Wildman–Crippen LogP) is 2.12. The quantitative estimate of drug-likeness (QED) is 0.769. The summed E-state index contributed by atoms with van der Waals surface area (Å²) in [7, 11) is 0. The van der Waals surface area contributed by atoms with Crippen molar-refractivity contribution in [2.24, 2.45) is 0 Å². The summed E-state index contributed by atoms with van der Waals surface area (Å²) in [6, 6.07) is 8.32. The zero-order valence-electron chi connectivity index (χ0n) is 8.50. The number of hydrogen-bond donors (Lipinski definition) is 1. The van der Waals surface area contributed by atoms with Crippen LogP contribution in [0.3, 0.4) is 0 Å². The SMILES string of the molecule is O[C@H]1CCC[C@@H]1n1ncc2ccccc21. The first kappa shape index (κ1) is 8.92. The van der Waals surface area contributed by atoms with Crippen molar-refractivity contribution in [2.75, 3.05) is 0 Å². The Kier molecular flexibility index (Phi) is 1.99. The van der Waals surface area contributed by atoms with Crippen LogP contribution in [0.25, 0.3) is 10.9 Å². The van der Waals surface area contributed by atoms with Crippen molar-refractivity contribution < 1.29 is 5.11 Å². The Morgan fingerprint density at radius 3 is 2.93 bits per heavy atom. The number of aliphatic hydroxyl groups is 1. The van der Waals surface area contributed by atoms with E-state index in [1.807, 2.05) is 23.0 Å². The fourth-order valence-electron chi connectivity index (χ4n) is 2.46. The molecule has 0 amide bonds. The molecule has 2 aromatic rings. The summed E-state index contributed by atoms with van der Waals surface area (Å²) in [6.07, 6.45) is 4.68. The zero-order chi connectivity index (χ0) is 10.3. The van der Waals surface area contributed by atoms with Crippen molar-refractivity contribution >= 4 is 10.9 Å². The van der Waals surface area contributed by atoms with Gasteiger partial charge in [-0.1, -0.05) is 18.2 Å². The maximum Gasteiger partial charge on any atom is 0.0785 e. The Morgan fingerprint density at radius 1 is 1.27 bits per heavy atom. The Balaban J connectivity index is 2.10. The maximum atomic E-state index is 9.86. The molecule has 0 radical (unpaired) electrons. The summed E-state index contributed by atoms with van der Waals surface area (Å²) in [5, 5.41) is 15.4. The summed E-state index contributed by atoms with van der Waals surface area (Å²) in [4.78, 5) is 0. The Bertz CT molecular complexity index is 477. The van der Waals surface area contributed by atoms with E-state index in [0.717, 1.165) is 30.2 Å². The molecule has 1 aromatic heterocycles. The van der Waals surface area contributed by atoms with Crippen LogP contribution in [0.4, 0.5) is 0 Å². The largest absolute Gasteiger partial charge is 0.391 e. The lowest BCUT2D eigenvalue weighted by Crippen LogP contribution is -2.19. The van der Waals surface area contributed by atoms with Crippen LogP contribution >= 0.6 is 0 Å². The first-order valence-electron chi connectivity index (χ1n) is 5.46. The van der Waals surface area contributed by atoms with Crippen molar-refractivity contribution in [3.05, 3.63) is 30.5 Å². The average Bonchev–Trinajstić information content (AvgIpc) is 2.83. The first-order valence-corrected chi connectivity index (χ1v) is 5.46. The van der Waals surface area contributed by atoms with E-state index in [9.17, 15) is 5.11 Å². The molecule has 15 heavy (non-hydrogen) atoms. The second kappa shape index (κ2) is 3.35. The molecule has 1 heterocycles. The topological polar surface area (TPSA) is 38.0 Å². The molecule has 1 aliphatic carbocycles. The third-order valence-electron chi connectivity index (χ3n) is 3.26. The van der Waals surface area contributed by atoms with Gasteiger partial charge in [-0.05, 0) is 25.3 Å². The first-order chi connectivity index (χ1) is 7.36. The van der Waals surface area contributed by atoms with Gasteiger partial charge in [0.2, 0.25) is 0 Å². The number of para-hydroxylation sites is 1. The highest BCUT2D eigenvalue weighted by molar-refractivity contribution is 5.78. The minimum Gasteiger partial charge on any atom is -0.391 e. The van der Waals surface area contributed by atoms with Crippen LogP contribution in [0.1, 0.15) is 25.3 Å². The van der Waals surface area contributed by atoms with E-state index in [1.54, 1.807) is 0 Å². The third-order valence-corrected chi connectivity index (χ3v) is 3.26. The minimum atomic E-state index is -0.228. The Labute approximate surface area is 88.3 Å². The van der Waals surface area contributed by atoms with Crippen LogP contribution in [-0.2, 0) is 0 Å². The Hall–Kier alpha value is -1.35. The summed E-state index contributed by atoms with van der Waals surface area (Å²) >= 11 is 0. The molecule has 1 fully saturated rings. The summed E-state index contributed by atoms with van der Waals surface area (Å²) in [5.74, 6) is 0. The molecule has 78 valence electrons. The average molecular weight is 202 g/mol. The van der Waals surface area contributed by atoms with Gasteiger partial charge >= 0.3 is 0 Å². The number of aliphatic hydroxyl groups excluding tert-OH is 1. The predicted molar refractivity (Wildman–Crippen MR) is 58.6 cm³/mol. The van der Waals surface area contributed by atoms with Gasteiger partial charge in [0.1, 0.15) is 0 Å². The Morgan fingerprint density at radius 2 is 2.13 bits per heavy atom. The van der Waals surface area contributed by atoms with Crippen molar-refractivity contribution in [1.29, 1.82) is 0 Å². The van der Waals surface area contributed by atoms with Gasteiger partial charge in [-0.15, -0.1) is 0 Å². The van der Waals surface area contributed by atoms with Gasteiger partial charge < -0.3 is 5.11 Å². The van der Waals surface area contributed by atoms with E-state index in [-0.39, 0.29) is 12.1 Å². The lowest BCUT2D eigenvalue weighted by atomic mass is 10.2. The number of rotatable bonds is 1. The standard InChI is InChI=1S/C12H14N2O/c15-12-7-3-6-11(12)14-10-5-2-1-4-9(10)8-13-14/h1-2,4-5,8,11-12,15H,3,6-7H2/t11-,12-/m0/s1. The molecule has 0 saturated heterocycles. The van der Waals surface area contributed by atoms with Gasteiger partial charge in [-0.25, -0.2) is 0 Å². The van der Waals surface area contributed by atoms with Gasteiger partial charge in [0, 0.05) is 5.39 Å². The highest BCUT2D eigenvalue weighted by atomic mass is 16.3. The van der Waals surface area contributed by atoms with Crippen molar-refractivity contribution in [3.8, 4) is 0 Å². The summed E-state index contributed by atoms with van der Waals surface area (Å²) in [6.45, 7) is 0. The van der Waals surface area contributed by atoms with Crippen LogP contribution < -0.4 is 0 Å². The smallest absolute Gasteiger partial charge is 0.0785 e. The van der Waals surface area contributed by atoms with Crippen molar-refractivity contribution in [3.63, 3.8) is 0 Å². The molecule has 1 aliphatic rings. The molecule has 0 bridgehead atoms. The fourth-order valence-corrected chi connectivity index (χ4v) is 2.46. The molecule has 1 saturated carbocycles. The van der Waals surface area contributed by atoms with Crippen LogP contribution in [0.15, 0.2) is 30.5 Å². The molecule has 0 aliphatic heterocycles. The van der Waals surface area contributed by atoms with E-state index >= 15 is 0 Å². The molecule has 0 spiro atoms. The molecule has 3 rings (SSSR count). The van der Waals surface area contributed by atoms with Crippen LogP contribution in [0.2, 0.25) is 0 Å². The van der Waals surface area contributed by atoms with Gasteiger partial charge in [0.05, 0.1) is 23.9 Å². The lowest BCUT2D eigenvalue weighted by Gasteiger charge is -2.15. The van der Waals surface area contributed by atoms with Crippen LogP contribution in [-0.4, -0.2) is 21.0 Å². The molecule has 2 atom stereocenters. The van der Waals surface area contributed by atoms with Crippen molar-refractivity contribution in [2.45, 2.75) is 31.4 Å². The van der Waals surface area contributed by atoms with Gasteiger partial charge in [-0.2, -0.15) is 5.10 Å². The zero-order valence-corrected chi connectivity index (χ0v) is 8.50. The molecule has 1 aromatic carbocycles. The van der Waals surface area contributed by atoms with E-state index in [0.29, 0.717) is 0 Å². The monoisotopic (exact) mass is 202 g/mol. The molecule has 1 N–H and O–H groups in total. The highest BCUT2D eigenvalue weighted by Crippen LogP contribution is 2.31. The van der Waals surface area contributed by atoms with E-state index in [2.05, 4.69) is 17.2 Å². The van der Waals surface area contributed by atoms with E-state index in [4.69, 9.17) is 0 Å². The van der Waals surface area contributed by atoms with Gasteiger partial charge in [0.25, 0.3) is 0 Å². The summed E-state index contributed by atoms with van der Waals surface area (Å²) < 4.78 is 1.98. The number of benzene rings is 1. The number of aromatic nitrogens is 2. The minimum absolute atomic E-state index is 0.171. The second-order valence-electron chi connectivity index (χ2n) is 4.21. The molecule has 0 unspecified atom stereocenters.